The first-order chi connectivity index (χ1) is 6.90. The Hall–Kier alpha value is -1.90. The van der Waals surface area contributed by atoms with Gasteiger partial charge in [0.2, 0.25) is 0 Å². The third kappa shape index (κ3) is 1.71. The van der Waals surface area contributed by atoms with E-state index >= 15 is 0 Å². The van der Waals surface area contributed by atoms with Crippen molar-refractivity contribution in [2.75, 3.05) is 0 Å². The first-order valence-corrected chi connectivity index (χ1v) is 4.43. The van der Waals surface area contributed by atoms with Gasteiger partial charge in [0, 0.05) is 24.2 Å². The Balaban J connectivity index is 2.29. The zero-order valence-electron chi connectivity index (χ0n) is 7.60. The summed E-state index contributed by atoms with van der Waals surface area (Å²) < 4.78 is 0. The lowest BCUT2D eigenvalue weighted by Crippen LogP contribution is -1.78. The number of carbonyl (C=O) groups excluding carboxylic acids is 1. The fourth-order valence-corrected chi connectivity index (χ4v) is 1.31. The molecule has 2 aromatic rings. The largest absolute Gasteiger partial charge is 0.346 e. The molecule has 0 aromatic carbocycles. The van der Waals surface area contributed by atoms with Crippen LogP contribution in [0.4, 0.5) is 0 Å². The molecule has 0 aliphatic rings. The van der Waals surface area contributed by atoms with E-state index in [4.69, 9.17) is 0 Å². The highest BCUT2D eigenvalue weighted by Gasteiger charge is 1.94. The van der Waals surface area contributed by atoms with Gasteiger partial charge >= 0.3 is 0 Å². The van der Waals surface area contributed by atoms with Gasteiger partial charge in [0.25, 0.3) is 0 Å². The lowest BCUT2D eigenvalue weighted by Gasteiger charge is -1.92. The van der Waals surface area contributed by atoms with Crippen molar-refractivity contribution < 1.29 is 4.79 Å². The third-order valence-electron chi connectivity index (χ3n) is 1.96. The van der Waals surface area contributed by atoms with Crippen LogP contribution in [0.25, 0.3) is 17.1 Å². The summed E-state index contributed by atoms with van der Waals surface area (Å²) in [7, 11) is 0. The minimum absolute atomic E-state index is 0.450. The zero-order valence-corrected chi connectivity index (χ0v) is 7.60. The van der Waals surface area contributed by atoms with Crippen LogP contribution in [0.2, 0.25) is 0 Å². The molecule has 0 bridgehead atoms. The maximum absolute atomic E-state index is 10.1. The fourth-order valence-electron chi connectivity index (χ4n) is 1.31. The summed E-state index contributed by atoms with van der Waals surface area (Å²) in [6.45, 7) is 0. The molecule has 0 amide bonds. The second kappa shape index (κ2) is 3.87. The molecule has 0 unspecified atom stereocenters. The molecule has 2 heterocycles. The van der Waals surface area contributed by atoms with Crippen molar-refractivity contribution in [2.24, 2.45) is 0 Å². The van der Waals surface area contributed by atoms with Crippen molar-refractivity contribution >= 4 is 23.4 Å². The molecule has 3 nitrogen and oxygen atoms in total. The molecule has 0 saturated carbocycles. The number of nitrogens with one attached hydrogen (secondary N) is 1. The van der Waals surface area contributed by atoms with E-state index in [0.29, 0.717) is 6.42 Å². The molecule has 0 spiro atoms. The van der Waals surface area contributed by atoms with Crippen LogP contribution in [0.5, 0.6) is 0 Å². The second-order valence-electron chi connectivity index (χ2n) is 2.99. The number of fused-ring (bicyclic) bond motifs is 1. The number of hydrogen-bond donors (Lipinski definition) is 1. The van der Waals surface area contributed by atoms with Gasteiger partial charge in [-0.3, -0.25) is 0 Å². The van der Waals surface area contributed by atoms with Crippen LogP contribution in [0, 0.1) is 0 Å². The van der Waals surface area contributed by atoms with Crippen molar-refractivity contribution in [1.29, 1.82) is 0 Å². The summed E-state index contributed by atoms with van der Waals surface area (Å²) in [6.07, 6.45) is 8.68. The summed E-state index contributed by atoms with van der Waals surface area (Å²) in [5.74, 6) is 0. The average Bonchev–Trinajstić information content (AvgIpc) is 2.65. The molecular weight excluding hydrogens is 176 g/mol. The molecule has 0 aliphatic heterocycles. The highest BCUT2D eigenvalue weighted by atomic mass is 16.1. The van der Waals surface area contributed by atoms with Crippen LogP contribution >= 0.6 is 0 Å². The van der Waals surface area contributed by atoms with E-state index in [-0.39, 0.29) is 0 Å². The highest BCUT2D eigenvalue weighted by Crippen LogP contribution is 2.12. The zero-order chi connectivity index (χ0) is 9.80. The molecule has 14 heavy (non-hydrogen) atoms. The van der Waals surface area contributed by atoms with E-state index in [1.54, 1.807) is 6.20 Å². The number of aromatic nitrogens is 2. The van der Waals surface area contributed by atoms with Gasteiger partial charge in [-0.15, -0.1) is 0 Å². The molecule has 3 heteroatoms. The summed E-state index contributed by atoms with van der Waals surface area (Å²) in [5, 5.41) is 1.08. The van der Waals surface area contributed by atoms with E-state index in [0.717, 1.165) is 22.9 Å². The maximum atomic E-state index is 10.1. The number of hydrogen-bond acceptors (Lipinski definition) is 2. The second-order valence-corrected chi connectivity index (χ2v) is 2.99. The van der Waals surface area contributed by atoms with Crippen LogP contribution < -0.4 is 0 Å². The number of rotatable bonds is 3. The smallest absolute Gasteiger partial charge is 0.137 e. The molecule has 0 aliphatic carbocycles. The molecule has 0 atom stereocenters. The summed E-state index contributed by atoms with van der Waals surface area (Å²) >= 11 is 0. The van der Waals surface area contributed by atoms with Gasteiger partial charge in [-0.1, -0.05) is 12.2 Å². The number of allylic oxidation sites excluding steroid dienone is 1. The Labute approximate surface area is 81.5 Å². The molecule has 1 N–H and O–H groups in total. The Bertz CT molecular complexity index is 471. The van der Waals surface area contributed by atoms with Crippen molar-refractivity contribution in [2.45, 2.75) is 6.42 Å². The summed E-state index contributed by atoms with van der Waals surface area (Å²) in [4.78, 5) is 17.3. The van der Waals surface area contributed by atoms with E-state index in [2.05, 4.69) is 9.97 Å². The molecular formula is C11H10N2O. The molecule has 2 rings (SSSR count). The Morgan fingerprint density at radius 1 is 1.50 bits per heavy atom. The molecule has 0 radical (unpaired) electrons. The average molecular weight is 186 g/mol. The Morgan fingerprint density at radius 3 is 3.29 bits per heavy atom. The van der Waals surface area contributed by atoms with Crippen LogP contribution in [-0.2, 0) is 4.79 Å². The molecule has 0 fully saturated rings. The van der Waals surface area contributed by atoms with Crippen LogP contribution in [0.3, 0.4) is 0 Å². The Morgan fingerprint density at radius 2 is 2.43 bits per heavy atom. The number of aldehydes is 1. The fraction of sp³-hybridized carbons (Fsp3) is 0.0909. The Kier molecular flexibility index (Phi) is 2.40. The SMILES string of the molecule is O=CCC=Cc1cnc2[nH]ccc2c1. The standard InChI is InChI=1S/C11H10N2O/c14-6-2-1-3-9-7-10-4-5-12-11(10)13-8-9/h1,3-8H,2H2,(H,12,13). The van der Waals surface area contributed by atoms with Crippen molar-refractivity contribution in [3.8, 4) is 0 Å². The van der Waals surface area contributed by atoms with Gasteiger partial charge in [0.1, 0.15) is 11.9 Å². The highest BCUT2D eigenvalue weighted by molar-refractivity contribution is 5.77. The van der Waals surface area contributed by atoms with Crippen LogP contribution in [0.1, 0.15) is 12.0 Å². The maximum Gasteiger partial charge on any atom is 0.137 e. The van der Waals surface area contributed by atoms with Gasteiger partial charge in [0.15, 0.2) is 0 Å². The number of H-pyrrole nitrogens is 1. The minimum Gasteiger partial charge on any atom is -0.346 e. The van der Waals surface area contributed by atoms with E-state index in [9.17, 15) is 4.79 Å². The predicted octanol–water partition coefficient (Wildman–Crippen LogP) is 2.17. The summed E-state index contributed by atoms with van der Waals surface area (Å²) in [5.41, 5.74) is 1.90. The lowest BCUT2D eigenvalue weighted by molar-refractivity contribution is -0.107. The first-order valence-electron chi connectivity index (χ1n) is 4.43. The molecule has 2 aromatic heterocycles. The van der Waals surface area contributed by atoms with E-state index < -0.39 is 0 Å². The number of carbonyl (C=O) groups is 1. The third-order valence-corrected chi connectivity index (χ3v) is 1.96. The van der Waals surface area contributed by atoms with Crippen LogP contribution in [-0.4, -0.2) is 16.3 Å². The van der Waals surface area contributed by atoms with Crippen molar-refractivity contribution in [1.82, 2.24) is 9.97 Å². The molecule has 70 valence electrons. The predicted molar refractivity (Wildman–Crippen MR) is 55.8 cm³/mol. The van der Waals surface area contributed by atoms with Crippen molar-refractivity contribution in [3.63, 3.8) is 0 Å². The normalized spacial score (nSPS) is 11.1. The van der Waals surface area contributed by atoms with Gasteiger partial charge in [0.05, 0.1) is 0 Å². The van der Waals surface area contributed by atoms with Crippen LogP contribution in [0.15, 0.2) is 30.6 Å². The van der Waals surface area contributed by atoms with Gasteiger partial charge in [-0.25, -0.2) is 4.98 Å². The van der Waals surface area contributed by atoms with Gasteiger partial charge in [-0.2, -0.15) is 0 Å². The number of pyridine rings is 1. The minimum atomic E-state index is 0.450. The quantitative estimate of drug-likeness (QED) is 0.746. The first kappa shape index (κ1) is 8.69. The van der Waals surface area contributed by atoms with Crippen molar-refractivity contribution in [3.05, 3.63) is 36.2 Å². The van der Waals surface area contributed by atoms with E-state index in [1.807, 2.05) is 30.5 Å². The topological polar surface area (TPSA) is 45.8 Å². The van der Waals surface area contributed by atoms with Gasteiger partial charge in [-0.05, 0) is 17.7 Å². The monoisotopic (exact) mass is 186 g/mol. The summed E-state index contributed by atoms with van der Waals surface area (Å²) in [6, 6.07) is 4.00. The molecule has 0 saturated heterocycles. The van der Waals surface area contributed by atoms with Gasteiger partial charge < -0.3 is 9.78 Å². The number of aromatic amines is 1. The number of nitrogens with zero attached hydrogens (tertiary/aromatic N) is 1. The lowest BCUT2D eigenvalue weighted by atomic mass is 10.2. The van der Waals surface area contributed by atoms with E-state index in [1.165, 1.54) is 0 Å².